The summed E-state index contributed by atoms with van der Waals surface area (Å²) in [4.78, 5) is 58.3. The number of carbonyl (C=O) groups excluding carboxylic acids is 5. The number of ether oxygens (including phenoxy) is 8. The maximum Gasteiger partial charge on any atom is 0.303 e. The molecule has 2 aliphatic rings. The van der Waals surface area contributed by atoms with Crippen molar-refractivity contribution in [3.8, 4) is 0 Å². The van der Waals surface area contributed by atoms with Crippen molar-refractivity contribution < 1.29 is 67.0 Å². The van der Waals surface area contributed by atoms with Gasteiger partial charge in [-0.15, -0.1) is 0 Å². The number of rotatable bonds is 9. The van der Waals surface area contributed by atoms with Gasteiger partial charge >= 0.3 is 29.8 Å². The fourth-order valence-electron chi connectivity index (χ4n) is 3.59. The Morgan fingerprint density at radius 1 is 0.694 bits per heavy atom. The minimum atomic E-state index is -1.54. The van der Waals surface area contributed by atoms with Gasteiger partial charge in [-0.25, -0.2) is 0 Å². The van der Waals surface area contributed by atoms with Crippen LogP contribution >= 0.6 is 0 Å². The van der Waals surface area contributed by atoms with Crippen LogP contribution in [0.4, 0.5) is 0 Å². The lowest BCUT2D eigenvalue weighted by Crippen LogP contribution is -2.64. The lowest BCUT2D eigenvalue weighted by molar-refractivity contribution is -0.328. The van der Waals surface area contributed by atoms with Crippen LogP contribution in [0.25, 0.3) is 0 Å². The van der Waals surface area contributed by atoms with Crippen LogP contribution in [-0.2, 0) is 61.9 Å². The van der Waals surface area contributed by atoms with Gasteiger partial charge < -0.3 is 43.0 Å². The molecule has 0 aromatic heterocycles. The third kappa shape index (κ3) is 8.46. The van der Waals surface area contributed by atoms with E-state index in [-0.39, 0.29) is 6.61 Å². The minimum absolute atomic E-state index is 0.299. The standard InChI is InChI=1S/C22H30O14/c1-10(23)30-8-16-18(15(28)6-7-29-16)36-22-21(34-14(5)27)20(33-13(4)26)19(32-12(3)25)17(35-22)9-31-11(2)24/h6-7,15-22,28H,8-9H2,1-5H3/t15-,16-,17-,18+,19+,20+,21-,22+/m1/s1. The molecule has 36 heavy (non-hydrogen) atoms. The van der Waals surface area contributed by atoms with Gasteiger partial charge in [0.25, 0.3) is 0 Å². The molecule has 1 fully saturated rings. The maximum absolute atomic E-state index is 11.9. The second-order valence-corrected chi connectivity index (χ2v) is 7.96. The highest BCUT2D eigenvalue weighted by Gasteiger charge is 2.54. The number of hydrogen-bond donors (Lipinski definition) is 1. The third-order valence-corrected chi connectivity index (χ3v) is 4.92. The van der Waals surface area contributed by atoms with Gasteiger partial charge in [-0.3, -0.25) is 24.0 Å². The van der Waals surface area contributed by atoms with E-state index >= 15 is 0 Å². The SMILES string of the molecule is CC(=O)OC[C@H]1O[C@@H](O[C@H]2[C@H](O)C=CO[C@@H]2COC(C)=O)[C@H](OC(C)=O)[C@@H](OC(C)=O)[C@H]1OC(C)=O. The fraction of sp³-hybridized carbons (Fsp3) is 0.682. The Labute approximate surface area is 206 Å². The average Bonchev–Trinajstić information content (AvgIpc) is 2.75. The predicted octanol–water partition coefficient (Wildman–Crippen LogP) is -0.709. The lowest BCUT2D eigenvalue weighted by Gasteiger charge is -2.45. The Bertz CT molecular complexity index is 854. The van der Waals surface area contributed by atoms with Crippen LogP contribution in [0, 0.1) is 0 Å². The Morgan fingerprint density at radius 3 is 1.72 bits per heavy atom. The summed E-state index contributed by atoms with van der Waals surface area (Å²) < 4.78 is 43.1. The Balaban J connectivity index is 2.44. The van der Waals surface area contributed by atoms with Crippen LogP contribution in [-0.4, -0.2) is 97.2 Å². The molecule has 0 bridgehead atoms. The molecule has 14 nitrogen and oxygen atoms in total. The molecule has 0 aliphatic carbocycles. The molecule has 2 rings (SSSR count). The summed E-state index contributed by atoms with van der Waals surface area (Å²) in [5.41, 5.74) is 0. The lowest BCUT2D eigenvalue weighted by atomic mass is 9.97. The zero-order valence-corrected chi connectivity index (χ0v) is 20.4. The van der Waals surface area contributed by atoms with E-state index in [1.165, 1.54) is 19.3 Å². The number of hydrogen-bond acceptors (Lipinski definition) is 14. The van der Waals surface area contributed by atoms with Crippen LogP contribution in [0.2, 0.25) is 0 Å². The van der Waals surface area contributed by atoms with Gasteiger partial charge in [0.15, 0.2) is 30.7 Å². The normalized spacial score (nSPS) is 31.4. The summed E-state index contributed by atoms with van der Waals surface area (Å²) in [5, 5.41) is 10.5. The minimum Gasteiger partial charge on any atom is -0.492 e. The summed E-state index contributed by atoms with van der Waals surface area (Å²) in [6.45, 7) is 4.85. The van der Waals surface area contributed by atoms with Crippen molar-refractivity contribution in [2.24, 2.45) is 0 Å². The molecule has 8 atom stereocenters. The zero-order chi connectivity index (χ0) is 27.0. The van der Waals surface area contributed by atoms with Crippen LogP contribution < -0.4 is 0 Å². The van der Waals surface area contributed by atoms with E-state index in [0.29, 0.717) is 0 Å². The Kier molecular flexibility index (Phi) is 10.6. The van der Waals surface area contributed by atoms with Crippen molar-refractivity contribution >= 4 is 29.8 Å². The molecule has 0 aromatic rings. The molecule has 2 aliphatic heterocycles. The number of esters is 5. The fourth-order valence-corrected chi connectivity index (χ4v) is 3.59. The van der Waals surface area contributed by atoms with Crippen LogP contribution in [0.5, 0.6) is 0 Å². The van der Waals surface area contributed by atoms with E-state index in [1.54, 1.807) is 0 Å². The Morgan fingerprint density at radius 2 is 1.19 bits per heavy atom. The molecule has 202 valence electrons. The first-order chi connectivity index (χ1) is 16.9. The van der Waals surface area contributed by atoms with Crippen molar-refractivity contribution in [3.05, 3.63) is 12.3 Å². The summed E-state index contributed by atoms with van der Waals surface area (Å²) >= 11 is 0. The molecule has 0 amide bonds. The van der Waals surface area contributed by atoms with Gasteiger partial charge in [0.05, 0.1) is 6.26 Å². The van der Waals surface area contributed by atoms with Gasteiger partial charge in [0, 0.05) is 34.6 Å². The van der Waals surface area contributed by atoms with Crippen molar-refractivity contribution in [2.75, 3.05) is 13.2 Å². The first-order valence-electron chi connectivity index (χ1n) is 11.0. The van der Waals surface area contributed by atoms with Gasteiger partial charge in [-0.1, -0.05) is 0 Å². The molecular weight excluding hydrogens is 488 g/mol. The van der Waals surface area contributed by atoms with E-state index < -0.39 is 85.5 Å². The monoisotopic (exact) mass is 518 g/mol. The van der Waals surface area contributed by atoms with E-state index in [4.69, 9.17) is 37.9 Å². The molecule has 0 radical (unpaired) electrons. The summed E-state index contributed by atoms with van der Waals surface area (Å²) in [6.07, 6.45) is -8.09. The zero-order valence-electron chi connectivity index (χ0n) is 20.4. The Hall–Kier alpha value is -3.23. The predicted molar refractivity (Wildman–Crippen MR) is 113 cm³/mol. The van der Waals surface area contributed by atoms with Crippen LogP contribution in [0.15, 0.2) is 12.3 Å². The van der Waals surface area contributed by atoms with E-state index in [9.17, 15) is 29.1 Å². The molecule has 0 saturated carbocycles. The topological polar surface area (TPSA) is 179 Å². The summed E-state index contributed by atoms with van der Waals surface area (Å²) in [7, 11) is 0. The number of aliphatic hydroxyl groups excluding tert-OH is 1. The highest BCUT2D eigenvalue weighted by molar-refractivity contribution is 5.68. The number of aliphatic hydroxyl groups is 1. The van der Waals surface area contributed by atoms with Crippen molar-refractivity contribution in [1.29, 1.82) is 0 Å². The largest absolute Gasteiger partial charge is 0.492 e. The van der Waals surface area contributed by atoms with E-state index in [1.807, 2.05) is 0 Å². The highest BCUT2D eigenvalue weighted by Crippen LogP contribution is 2.32. The summed E-state index contributed by atoms with van der Waals surface area (Å²) in [6, 6.07) is 0. The van der Waals surface area contributed by atoms with Gasteiger partial charge in [0.1, 0.15) is 31.5 Å². The third-order valence-electron chi connectivity index (χ3n) is 4.92. The van der Waals surface area contributed by atoms with Crippen LogP contribution in [0.1, 0.15) is 34.6 Å². The van der Waals surface area contributed by atoms with E-state index in [0.717, 1.165) is 27.7 Å². The van der Waals surface area contributed by atoms with Gasteiger partial charge in [0.2, 0.25) is 0 Å². The maximum atomic E-state index is 11.9. The molecule has 0 spiro atoms. The van der Waals surface area contributed by atoms with Gasteiger partial charge in [-0.05, 0) is 6.08 Å². The molecule has 1 saturated heterocycles. The molecular formula is C22H30O14. The van der Waals surface area contributed by atoms with Gasteiger partial charge in [-0.2, -0.15) is 0 Å². The van der Waals surface area contributed by atoms with Crippen molar-refractivity contribution in [3.63, 3.8) is 0 Å². The smallest absolute Gasteiger partial charge is 0.303 e. The summed E-state index contributed by atoms with van der Waals surface area (Å²) in [5.74, 6) is -3.68. The van der Waals surface area contributed by atoms with E-state index in [2.05, 4.69) is 0 Å². The highest BCUT2D eigenvalue weighted by atomic mass is 16.7. The molecule has 1 N–H and O–H groups in total. The van der Waals surface area contributed by atoms with Crippen molar-refractivity contribution in [1.82, 2.24) is 0 Å². The van der Waals surface area contributed by atoms with Crippen molar-refractivity contribution in [2.45, 2.75) is 83.6 Å². The quantitative estimate of drug-likeness (QED) is 0.299. The number of carbonyl (C=O) groups is 5. The second kappa shape index (κ2) is 13.2. The molecule has 0 aromatic carbocycles. The molecule has 14 heteroatoms. The first kappa shape index (κ1) is 29.0. The molecule has 0 unspecified atom stereocenters. The van der Waals surface area contributed by atoms with Crippen LogP contribution in [0.3, 0.4) is 0 Å². The first-order valence-corrected chi connectivity index (χ1v) is 11.0. The second-order valence-electron chi connectivity index (χ2n) is 7.96. The average molecular weight is 518 g/mol. The molecule has 2 heterocycles.